The zero-order valence-corrected chi connectivity index (χ0v) is 14.8. The van der Waals surface area contributed by atoms with Crippen LogP contribution in [0.5, 0.6) is 0 Å². The molecule has 0 saturated carbocycles. The molecule has 1 saturated heterocycles. The zero-order valence-electron chi connectivity index (χ0n) is 14.8. The maximum atomic E-state index is 13.8. The van der Waals surface area contributed by atoms with E-state index in [-0.39, 0.29) is 11.6 Å². The fourth-order valence-electron chi connectivity index (χ4n) is 3.90. The molecule has 1 unspecified atom stereocenters. The number of hydrogen-bond donors (Lipinski definition) is 0. The van der Waals surface area contributed by atoms with Crippen molar-refractivity contribution in [1.82, 2.24) is 14.5 Å². The summed E-state index contributed by atoms with van der Waals surface area (Å²) in [6, 6.07) is 5.60. The number of benzene rings is 1. The van der Waals surface area contributed by atoms with Crippen LogP contribution >= 0.6 is 0 Å². The first kappa shape index (κ1) is 18.2. The molecule has 1 aliphatic heterocycles. The van der Waals surface area contributed by atoms with Gasteiger partial charge in [0, 0.05) is 55.8 Å². The van der Waals surface area contributed by atoms with Gasteiger partial charge in [0.25, 0.3) is 0 Å². The Labute approximate surface area is 153 Å². The smallest absolute Gasteiger partial charge is 0.380 e. The number of nitrogens with zero attached hydrogens (tertiary/aromatic N) is 3. The Hall–Kier alpha value is -2.19. The standard InChI is InChI=1S/C19H19F4N3O/c1-27-13-5-7-25(11-13)8-9-26-16-3-2-12(20)10-15(16)14-4-6-24-18(17(14)26)19(21,22)23/h2-4,6,10,13H,5,7-9,11H2,1H3. The first-order chi connectivity index (χ1) is 12.9. The van der Waals surface area contributed by atoms with Gasteiger partial charge in [-0.1, -0.05) is 0 Å². The van der Waals surface area contributed by atoms with E-state index in [1.165, 1.54) is 24.3 Å². The molecule has 1 aromatic carbocycles. The maximum Gasteiger partial charge on any atom is 0.435 e. The molecule has 0 aliphatic carbocycles. The number of halogens is 4. The highest BCUT2D eigenvalue weighted by molar-refractivity contribution is 6.08. The molecule has 0 spiro atoms. The van der Waals surface area contributed by atoms with Crippen molar-refractivity contribution in [3.8, 4) is 0 Å². The van der Waals surface area contributed by atoms with Crippen LogP contribution < -0.4 is 0 Å². The van der Waals surface area contributed by atoms with Crippen LogP contribution in [0.2, 0.25) is 0 Å². The van der Waals surface area contributed by atoms with Gasteiger partial charge in [-0.15, -0.1) is 0 Å². The quantitative estimate of drug-likeness (QED) is 0.639. The molecule has 4 nitrogen and oxygen atoms in total. The summed E-state index contributed by atoms with van der Waals surface area (Å²) in [5, 5.41) is 0.831. The Kier molecular flexibility index (Phi) is 4.55. The molecule has 1 aliphatic rings. The van der Waals surface area contributed by atoms with E-state index in [4.69, 9.17) is 4.74 Å². The van der Waals surface area contributed by atoms with Crippen molar-refractivity contribution in [2.24, 2.45) is 0 Å². The predicted octanol–water partition coefficient (Wildman–Crippen LogP) is 4.07. The van der Waals surface area contributed by atoms with Crippen molar-refractivity contribution in [2.45, 2.75) is 25.2 Å². The van der Waals surface area contributed by atoms with E-state index in [9.17, 15) is 17.6 Å². The summed E-state index contributed by atoms with van der Waals surface area (Å²) in [5.41, 5.74) is -0.353. The van der Waals surface area contributed by atoms with E-state index in [0.29, 0.717) is 29.4 Å². The summed E-state index contributed by atoms with van der Waals surface area (Å²) in [6.07, 6.45) is -2.39. The number of ether oxygens (including phenoxy) is 1. The fourth-order valence-corrected chi connectivity index (χ4v) is 3.90. The molecule has 3 aromatic rings. The number of methoxy groups -OCH3 is 1. The summed E-state index contributed by atoms with van der Waals surface area (Å²) in [5.74, 6) is -0.477. The molecule has 4 rings (SSSR count). The van der Waals surface area contributed by atoms with E-state index >= 15 is 0 Å². The van der Waals surface area contributed by atoms with Gasteiger partial charge in [-0.25, -0.2) is 9.37 Å². The minimum Gasteiger partial charge on any atom is -0.380 e. The molecule has 3 heterocycles. The molecule has 8 heteroatoms. The summed E-state index contributed by atoms with van der Waals surface area (Å²) in [4.78, 5) is 5.75. The number of rotatable bonds is 4. The minimum atomic E-state index is -4.58. The lowest BCUT2D eigenvalue weighted by Crippen LogP contribution is -2.27. The Morgan fingerprint density at radius 2 is 2.00 bits per heavy atom. The van der Waals surface area contributed by atoms with E-state index < -0.39 is 17.7 Å². The number of fused-ring (bicyclic) bond motifs is 3. The molecule has 2 aromatic heterocycles. The minimum absolute atomic E-state index is 0.00749. The molecule has 0 radical (unpaired) electrons. The maximum absolute atomic E-state index is 13.8. The van der Waals surface area contributed by atoms with E-state index in [1.54, 1.807) is 11.7 Å². The van der Waals surface area contributed by atoms with Crippen LogP contribution in [0, 0.1) is 5.82 Å². The van der Waals surface area contributed by atoms with Crippen molar-refractivity contribution in [2.75, 3.05) is 26.7 Å². The van der Waals surface area contributed by atoms with Crippen molar-refractivity contribution in [3.05, 3.63) is 42.0 Å². The second-order valence-electron chi connectivity index (χ2n) is 6.81. The van der Waals surface area contributed by atoms with Gasteiger partial charge in [0.1, 0.15) is 5.82 Å². The lowest BCUT2D eigenvalue weighted by Gasteiger charge is -2.18. The summed E-state index contributed by atoms with van der Waals surface area (Å²) in [7, 11) is 1.66. The monoisotopic (exact) mass is 381 g/mol. The van der Waals surface area contributed by atoms with Crippen LogP contribution in [0.3, 0.4) is 0 Å². The third-order valence-electron chi connectivity index (χ3n) is 5.20. The number of hydrogen-bond acceptors (Lipinski definition) is 3. The van der Waals surface area contributed by atoms with Gasteiger partial charge in [-0.3, -0.25) is 4.90 Å². The number of aromatic nitrogens is 2. The highest BCUT2D eigenvalue weighted by Gasteiger charge is 2.36. The average Bonchev–Trinajstić information content (AvgIpc) is 3.21. The molecule has 0 amide bonds. The van der Waals surface area contributed by atoms with Gasteiger partial charge in [0.2, 0.25) is 0 Å². The van der Waals surface area contributed by atoms with Crippen LogP contribution in [0.25, 0.3) is 21.8 Å². The van der Waals surface area contributed by atoms with E-state index in [1.807, 2.05) is 0 Å². The second kappa shape index (κ2) is 6.76. The zero-order chi connectivity index (χ0) is 19.2. The lowest BCUT2D eigenvalue weighted by atomic mass is 10.1. The van der Waals surface area contributed by atoms with Gasteiger partial charge in [0.05, 0.1) is 11.6 Å². The number of likely N-dealkylation sites (tertiary alicyclic amines) is 1. The first-order valence-corrected chi connectivity index (χ1v) is 8.77. The summed E-state index contributed by atoms with van der Waals surface area (Å²) in [6.45, 7) is 2.54. The van der Waals surface area contributed by atoms with Gasteiger partial charge >= 0.3 is 6.18 Å². The molecule has 144 valence electrons. The number of pyridine rings is 1. The Bertz CT molecular complexity index is 982. The SMILES string of the molecule is COC1CCN(CCn2c3ccc(F)cc3c3ccnc(C(F)(F)F)c32)C1. The Balaban J connectivity index is 1.81. The van der Waals surface area contributed by atoms with Gasteiger partial charge < -0.3 is 9.30 Å². The highest BCUT2D eigenvalue weighted by Crippen LogP contribution is 2.38. The first-order valence-electron chi connectivity index (χ1n) is 8.77. The Morgan fingerprint density at radius 1 is 1.19 bits per heavy atom. The van der Waals surface area contributed by atoms with Gasteiger partial charge in [0.15, 0.2) is 5.69 Å². The molecule has 27 heavy (non-hydrogen) atoms. The van der Waals surface area contributed by atoms with E-state index in [2.05, 4.69) is 9.88 Å². The van der Waals surface area contributed by atoms with Crippen LogP contribution in [0.4, 0.5) is 17.6 Å². The third-order valence-corrected chi connectivity index (χ3v) is 5.20. The van der Waals surface area contributed by atoms with Gasteiger partial charge in [-0.2, -0.15) is 13.2 Å². The van der Waals surface area contributed by atoms with Crippen molar-refractivity contribution in [3.63, 3.8) is 0 Å². The third kappa shape index (κ3) is 3.27. The topological polar surface area (TPSA) is 30.3 Å². The summed E-state index contributed by atoms with van der Waals surface area (Å²) < 4.78 is 61.4. The lowest BCUT2D eigenvalue weighted by molar-refractivity contribution is -0.140. The molecule has 1 fully saturated rings. The normalized spacial score (nSPS) is 18.8. The van der Waals surface area contributed by atoms with E-state index in [0.717, 1.165) is 25.7 Å². The largest absolute Gasteiger partial charge is 0.435 e. The van der Waals surface area contributed by atoms with Crippen LogP contribution in [0.15, 0.2) is 30.5 Å². The van der Waals surface area contributed by atoms with Crippen molar-refractivity contribution in [1.29, 1.82) is 0 Å². The van der Waals surface area contributed by atoms with Gasteiger partial charge in [-0.05, 0) is 30.7 Å². The summed E-state index contributed by atoms with van der Waals surface area (Å²) >= 11 is 0. The molecular formula is C19H19F4N3O. The highest BCUT2D eigenvalue weighted by atomic mass is 19.4. The Morgan fingerprint density at radius 3 is 2.70 bits per heavy atom. The predicted molar refractivity (Wildman–Crippen MR) is 94.1 cm³/mol. The van der Waals surface area contributed by atoms with Crippen LogP contribution in [-0.2, 0) is 17.5 Å². The molecule has 0 bridgehead atoms. The molecular weight excluding hydrogens is 362 g/mol. The van der Waals surface area contributed by atoms with Crippen molar-refractivity contribution >= 4 is 21.8 Å². The molecule has 1 atom stereocenters. The van der Waals surface area contributed by atoms with Crippen molar-refractivity contribution < 1.29 is 22.3 Å². The molecule has 0 N–H and O–H groups in total. The van der Waals surface area contributed by atoms with Crippen LogP contribution in [0.1, 0.15) is 12.1 Å². The second-order valence-corrected chi connectivity index (χ2v) is 6.81. The average molecular weight is 381 g/mol. The number of alkyl halides is 3. The fraction of sp³-hybridized carbons (Fsp3) is 0.421. The van der Waals surface area contributed by atoms with Crippen LogP contribution in [-0.4, -0.2) is 47.3 Å².